The molecular formula is C20H25N3O3. The van der Waals surface area contributed by atoms with E-state index in [1.165, 1.54) is 0 Å². The van der Waals surface area contributed by atoms with Crippen LogP contribution in [0.3, 0.4) is 0 Å². The van der Waals surface area contributed by atoms with E-state index in [0.29, 0.717) is 18.4 Å². The third-order valence-corrected chi connectivity index (χ3v) is 5.63. The molecule has 138 valence electrons. The summed E-state index contributed by atoms with van der Waals surface area (Å²) in [5.41, 5.74) is 1.31. The van der Waals surface area contributed by atoms with Gasteiger partial charge < -0.3 is 4.90 Å². The Morgan fingerprint density at radius 1 is 1.27 bits per heavy atom. The van der Waals surface area contributed by atoms with Crippen LogP contribution in [0.15, 0.2) is 41.6 Å². The smallest absolute Gasteiger partial charge is 0.227 e. The molecule has 3 rings (SSSR count). The molecular weight excluding hydrogens is 330 g/mol. The maximum atomic E-state index is 12.9. The van der Waals surface area contributed by atoms with E-state index in [1.54, 1.807) is 12.1 Å². The third kappa shape index (κ3) is 3.90. The van der Waals surface area contributed by atoms with Crippen LogP contribution in [0, 0.1) is 4.91 Å². The van der Waals surface area contributed by atoms with Crippen molar-refractivity contribution >= 4 is 12.2 Å². The van der Waals surface area contributed by atoms with Crippen LogP contribution < -0.4 is 0 Å². The van der Waals surface area contributed by atoms with E-state index in [-0.39, 0.29) is 30.5 Å². The van der Waals surface area contributed by atoms with Crippen molar-refractivity contribution in [3.8, 4) is 0 Å². The summed E-state index contributed by atoms with van der Waals surface area (Å²) in [6.45, 7) is 1.70. The minimum Gasteiger partial charge on any atom is -0.341 e. The predicted molar refractivity (Wildman–Crippen MR) is 100 cm³/mol. The van der Waals surface area contributed by atoms with Gasteiger partial charge >= 0.3 is 0 Å². The molecule has 1 aliphatic heterocycles. The Labute approximate surface area is 153 Å². The first-order chi connectivity index (χ1) is 12.6. The summed E-state index contributed by atoms with van der Waals surface area (Å²) in [5.74, 6) is -0.000955. The molecule has 1 saturated carbocycles. The molecule has 3 unspecified atom stereocenters. The number of hydrogen-bond donors (Lipinski definition) is 0. The highest BCUT2D eigenvalue weighted by molar-refractivity contribution is 5.84. The highest BCUT2D eigenvalue weighted by Gasteiger charge is 2.38. The fraction of sp³-hybridized carbons (Fsp3) is 0.500. The number of carbonyl (C=O) groups excluding carboxylic acids is 2. The molecule has 0 bridgehead atoms. The first-order valence-electron chi connectivity index (χ1n) is 9.14. The van der Waals surface area contributed by atoms with Crippen molar-refractivity contribution < 1.29 is 9.59 Å². The van der Waals surface area contributed by atoms with Crippen molar-refractivity contribution in [1.82, 2.24) is 9.80 Å². The zero-order valence-corrected chi connectivity index (χ0v) is 15.1. The van der Waals surface area contributed by atoms with Crippen LogP contribution in [0.25, 0.3) is 0 Å². The van der Waals surface area contributed by atoms with Crippen LogP contribution >= 0.6 is 0 Å². The van der Waals surface area contributed by atoms with E-state index in [0.717, 1.165) is 31.4 Å². The van der Waals surface area contributed by atoms with Crippen molar-refractivity contribution in [2.75, 3.05) is 20.1 Å². The van der Waals surface area contributed by atoms with E-state index >= 15 is 0 Å². The second-order valence-corrected chi connectivity index (χ2v) is 7.13. The Bertz CT molecular complexity index is 695. The molecule has 3 atom stereocenters. The molecule has 0 aromatic heterocycles. The first-order valence-corrected chi connectivity index (χ1v) is 9.14. The van der Waals surface area contributed by atoms with Gasteiger partial charge in [0.1, 0.15) is 6.29 Å². The zero-order valence-electron chi connectivity index (χ0n) is 15.1. The molecule has 0 N–H and O–H groups in total. The minimum atomic E-state index is -0.170. The number of nitrogens with zero attached hydrogens (tertiary/aromatic N) is 3. The van der Waals surface area contributed by atoms with Crippen LogP contribution in [-0.2, 0) is 11.2 Å². The molecule has 0 radical (unpaired) electrons. The van der Waals surface area contributed by atoms with Gasteiger partial charge in [0.2, 0.25) is 5.91 Å². The number of hydrogen-bond acceptors (Lipinski definition) is 5. The maximum absolute atomic E-state index is 12.9. The normalized spacial score (nSPS) is 25.8. The van der Waals surface area contributed by atoms with Crippen LogP contribution in [-0.4, -0.2) is 60.3 Å². The van der Waals surface area contributed by atoms with Crippen molar-refractivity contribution in [3.05, 3.63) is 52.5 Å². The summed E-state index contributed by atoms with van der Waals surface area (Å²) in [4.78, 5) is 39.2. The second-order valence-electron chi connectivity index (χ2n) is 7.13. The lowest BCUT2D eigenvalue weighted by molar-refractivity contribution is -0.133. The zero-order chi connectivity index (χ0) is 18.5. The summed E-state index contributed by atoms with van der Waals surface area (Å²) in [6, 6.07) is 7.22. The molecule has 2 aliphatic rings. The lowest BCUT2D eigenvalue weighted by atomic mass is 9.85. The van der Waals surface area contributed by atoms with Gasteiger partial charge in [0.05, 0.1) is 12.5 Å². The van der Waals surface area contributed by atoms with E-state index < -0.39 is 0 Å². The second kappa shape index (κ2) is 8.36. The standard InChI is InChI=1S/C20H25N3O3/c1-22(20(25)12-15-6-2-3-7-16(15)14-24)18-9-8-17(21-26)13-19(18)23-10-4-5-11-23/h2-7,14,17-19H,8-13H2,1H3. The van der Waals surface area contributed by atoms with Gasteiger partial charge in [0, 0.05) is 37.8 Å². The predicted octanol–water partition coefficient (Wildman–Crippen LogP) is 2.43. The Balaban J connectivity index is 1.73. The van der Waals surface area contributed by atoms with Crippen molar-refractivity contribution in [3.63, 3.8) is 0 Å². The number of likely N-dealkylation sites (N-methyl/N-ethyl adjacent to an activating group) is 1. The summed E-state index contributed by atoms with van der Waals surface area (Å²) < 4.78 is 0. The Morgan fingerprint density at radius 2 is 2.00 bits per heavy atom. The molecule has 1 amide bonds. The van der Waals surface area contributed by atoms with E-state index in [9.17, 15) is 14.5 Å². The molecule has 26 heavy (non-hydrogen) atoms. The number of amides is 1. The molecule has 1 heterocycles. The van der Waals surface area contributed by atoms with Crippen LogP contribution in [0.4, 0.5) is 0 Å². The van der Waals surface area contributed by atoms with Gasteiger partial charge in [-0.25, -0.2) is 0 Å². The van der Waals surface area contributed by atoms with Gasteiger partial charge in [-0.3, -0.25) is 14.5 Å². The lowest BCUT2D eigenvalue weighted by Crippen LogP contribution is -2.55. The van der Waals surface area contributed by atoms with Gasteiger partial charge in [0.25, 0.3) is 0 Å². The van der Waals surface area contributed by atoms with Gasteiger partial charge in [-0.05, 0) is 24.8 Å². The number of benzene rings is 1. The number of carbonyl (C=O) groups is 2. The highest BCUT2D eigenvalue weighted by atomic mass is 16.3. The minimum absolute atomic E-state index is 0.000955. The van der Waals surface area contributed by atoms with Crippen LogP contribution in [0.1, 0.15) is 35.2 Å². The SMILES string of the molecule is CN(C(=O)Cc1ccccc1C=O)C1CCC(N=O)CC1N1CC=CC1. The molecule has 0 spiro atoms. The third-order valence-electron chi connectivity index (χ3n) is 5.63. The Kier molecular flexibility index (Phi) is 5.93. The fourth-order valence-electron chi connectivity index (χ4n) is 4.10. The molecule has 6 nitrogen and oxygen atoms in total. The molecule has 6 heteroatoms. The summed E-state index contributed by atoms with van der Waals surface area (Å²) in [7, 11) is 1.84. The van der Waals surface area contributed by atoms with E-state index in [2.05, 4.69) is 22.2 Å². The summed E-state index contributed by atoms with van der Waals surface area (Å²) in [5, 5.41) is 3.26. The molecule has 1 aromatic rings. The monoisotopic (exact) mass is 355 g/mol. The average molecular weight is 355 g/mol. The van der Waals surface area contributed by atoms with Gasteiger partial charge in [-0.1, -0.05) is 41.6 Å². The fourth-order valence-corrected chi connectivity index (χ4v) is 4.10. The van der Waals surface area contributed by atoms with Crippen molar-refractivity contribution in [2.24, 2.45) is 5.18 Å². The van der Waals surface area contributed by atoms with Gasteiger partial charge in [-0.15, -0.1) is 0 Å². The van der Waals surface area contributed by atoms with E-state index in [1.807, 2.05) is 24.1 Å². The molecule has 0 saturated heterocycles. The highest BCUT2D eigenvalue weighted by Crippen LogP contribution is 2.30. The van der Waals surface area contributed by atoms with Crippen molar-refractivity contribution in [1.29, 1.82) is 0 Å². The lowest BCUT2D eigenvalue weighted by Gasteiger charge is -2.43. The molecule has 1 aliphatic carbocycles. The van der Waals surface area contributed by atoms with Crippen LogP contribution in [0.2, 0.25) is 0 Å². The topological polar surface area (TPSA) is 70.0 Å². The van der Waals surface area contributed by atoms with E-state index in [4.69, 9.17) is 0 Å². The molecule has 1 fully saturated rings. The Hall–Kier alpha value is -2.34. The maximum Gasteiger partial charge on any atom is 0.227 e. The van der Waals surface area contributed by atoms with Crippen molar-refractivity contribution in [2.45, 2.75) is 43.8 Å². The molecule has 1 aromatic carbocycles. The van der Waals surface area contributed by atoms with Gasteiger partial charge in [-0.2, -0.15) is 4.91 Å². The number of nitroso groups, excluding NO2 is 1. The first kappa shape index (κ1) is 18.5. The summed E-state index contributed by atoms with van der Waals surface area (Å²) >= 11 is 0. The van der Waals surface area contributed by atoms with Gasteiger partial charge in [0.15, 0.2) is 0 Å². The summed E-state index contributed by atoms with van der Waals surface area (Å²) in [6.07, 6.45) is 7.43. The largest absolute Gasteiger partial charge is 0.341 e. The van der Waals surface area contributed by atoms with Crippen LogP contribution in [0.5, 0.6) is 0 Å². The average Bonchev–Trinajstić information content (AvgIpc) is 3.22. The quantitative estimate of drug-likeness (QED) is 0.446. The number of aldehydes is 1. The number of rotatable bonds is 6. The Morgan fingerprint density at radius 3 is 2.69 bits per heavy atom.